The van der Waals surface area contributed by atoms with Crippen LogP contribution in [0.2, 0.25) is 0 Å². The number of carbonyl (C=O) groups is 2. The molecule has 0 spiro atoms. The first-order valence-corrected chi connectivity index (χ1v) is 11.0. The Hall–Kier alpha value is -3.45. The number of amides is 1. The number of carbonyl (C=O) groups excluding carboxylic acids is 2. The predicted octanol–water partition coefficient (Wildman–Crippen LogP) is 4.56. The first-order chi connectivity index (χ1) is 15.8. The van der Waals surface area contributed by atoms with Crippen LogP contribution in [0.5, 0.6) is 0 Å². The minimum atomic E-state index is -0.513. The zero-order valence-corrected chi connectivity index (χ0v) is 18.9. The summed E-state index contributed by atoms with van der Waals surface area (Å²) in [4.78, 5) is 33.9. The zero-order valence-electron chi connectivity index (χ0n) is 18.9. The van der Waals surface area contributed by atoms with Crippen LogP contribution in [0.4, 0.5) is 10.1 Å². The van der Waals surface area contributed by atoms with E-state index in [1.54, 1.807) is 30.6 Å². The summed E-state index contributed by atoms with van der Waals surface area (Å²) in [7, 11) is 0. The monoisotopic (exact) mass is 446 g/mol. The van der Waals surface area contributed by atoms with Gasteiger partial charge in [-0.15, -0.1) is 0 Å². The van der Waals surface area contributed by atoms with E-state index in [1.807, 2.05) is 32.9 Å². The van der Waals surface area contributed by atoms with E-state index in [4.69, 9.17) is 5.73 Å². The van der Waals surface area contributed by atoms with Crippen LogP contribution in [-0.4, -0.2) is 27.7 Å². The van der Waals surface area contributed by atoms with Crippen molar-refractivity contribution in [2.75, 3.05) is 5.32 Å². The maximum atomic E-state index is 14.6. The standard InChI is InChI=1S/C26H27FN4O2/c1-14-5-4-6-19(27)23(14)24-15(2)7-8-21(30-24)26(33)31-22-13-29-10-9-18(22)17-11-16(3)25(32)20(28)12-17/h4-10,13,16-17,20H,11-12,28H2,1-3H3,(H,31,33). The predicted molar refractivity (Wildman–Crippen MR) is 125 cm³/mol. The number of Topliss-reactive ketones (excluding diaryl/α,β-unsaturated/α-hetero) is 1. The number of halogens is 1. The highest BCUT2D eigenvalue weighted by atomic mass is 19.1. The molecule has 0 aliphatic heterocycles. The molecule has 3 N–H and O–H groups in total. The molecule has 2 heterocycles. The van der Waals surface area contributed by atoms with Crippen LogP contribution in [0.15, 0.2) is 48.8 Å². The van der Waals surface area contributed by atoms with E-state index in [0.29, 0.717) is 29.8 Å². The number of pyridine rings is 2. The summed E-state index contributed by atoms with van der Waals surface area (Å²) < 4.78 is 14.6. The Morgan fingerprint density at radius 1 is 1.12 bits per heavy atom. The minimum Gasteiger partial charge on any atom is -0.321 e. The lowest BCUT2D eigenvalue weighted by molar-refractivity contribution is -0.125. The molecule has 33 heavy (non-hydrogen) atoms. The maximum Gasteiger partial charge on any atom is 0.274 e. The summed E-state index contributed by atoms with van der Waals surface area (Å²) >= 11 is 0. The van der Waals surface area contributed by atoms with Crippen LogP contribution in [0.3, 0.4) is 0 Å². The van der Waals surface area contributed by atoms with Crippen LogP contribution in [-0.2, 0) is 4.79 Å². The van der Waals surface area contributed by atoms with Crippen molar-refractivity contribution in [3.05, 3.63) is 77.0 Å². The molecule has 0 radical (unpaired) electrons. The van der Waals surface area contributed by atoms with Crippen LogP contribution in [0.25, 0.3) is 11.3 Å². The van der Waals surface area contributed by atoms with Crippen molar-refractivity contribution in [2.24, 2.45) is 11.7 Å². The fourth-order valence-corrected chi connectivity index (χ4v) is 4.57. The molecule has 3 aromatic rings. The second-order valence-corrected chi connectivity index (χ2v) is 8.79. The second kappa shape index (κ2) is 9.19. The van der Waals surface area contributed by atoms with Gasteiger partial charge >= 0.3 is 0 Å². The van der Waals surface area contributed by atoms with Gasteiger partial charge in [0.2, 0.25) is 0 Å². The number of hydrogen-bond donors (Lipinski definition) is 2. The molecule has 1 aliphatic rings. The first-order valence-electron chi connectivity index (χ1n) is 11.0. The lowest BCUT2D eigenvalue weighted by Gasteiger charge is -2.31. The molecule has 1 aromatic carbocycles. The van der Waals surface area contributed by atoms with Crippen LogP contribution >= 0.6 is 0 Å². The molecule has 6 nitrogen and oxygen atoms in total. The van der Waals surface area contributed by atoms with Crippen molar-refractivity contribution >= 4 is 17.4 Å². The summed E-state index contributed by atoms with van der Waals surface area (Å²) in [5.41, 5.74) is 10.0. The number of nitrogens with one attached hydrogen (secondary N) is 1. The summed E-state index contributed by atoms with van der Waals surface area (Å²) in [6.07, 6.45) is 4.45. The number of benzene rings is 1. The number of ketones is 1. The first kappa shape index (κ1) is 22.7. The number of aryl methyl sites for hydroxylation is 2. The smallest absolute Gasteiger partial charge is 0.274 e. The number of hydrogen-bond acceptors (Lipinski definition) is 5. The minimum absolute atomic E-state index is 0.0357. The number of rotatable bonds is 4. The van der Waals surface area contributed by atoms with Gasteiger partial charge < -0.3 is 11.1 Å². The Balaban J connectivity index is 1.64. The molecular formula is C26H27FN4O2. The van der Waals surface area contributed by atoms with E-state index in [0.717, 1.165) is 16.7 Å². The van der Waals surface area contributed by atoms with Gasteiger partial charge in [0, 0.05) is 17.7 Å². The zero-order chi connectivity index (χ0) is 23.7. The number of aromatic nitrogens is 2. The van der Waals surface area contributed by atoms with E-state index in [9.17, 15) is 14.0 Å². The molecule has 170 valence electrons. The molecule has 1 aliphatic carbocycles. The fourth-order valence-electron chi connectivity index (χ4n) is 4.57. The molecular weight excluding hydrogens is 419 g/mol. The lowest BCUT2D eigenvalue weighted by Crippen LogP contribution is -2.41. The van der Waals surface area contributed by atoms with E-state index in [-0.39, 0.29) is 29.1 Å². The average molecular weight is 447 g/mol. The second-order valence-electron chi connectivity index (χ2n) is 8.79. The summed E-state index contributed by atoms with van der Waals surface area (Å²) in [5.74, 6) is -0.821. The largest absolute Gasteiger partial charge is 0.321 e. The van der Waals surface area contributed by atoms with Gasteiger partial charge in [-0.25, -0.2) is 9.37 Å². The van der Waals surface area contributed by atoms with Crippen LogP contribution in [0.1, 0.15) is 52.9 Å². The Kier molecular flexibility index (Phi) is 6.33. The summed E-state index contributed by atoms with van der Waals surface area (Å²) in [6.45, 7) is 5.54. The Labute approximate surface area is 192 Å². The number of nitrogens with two attached hydrogens (primary N) is 1. The third kappa shape index (κ3) is 4.54. The van der Waals surface area contributed by atoms with Crippen LogP contribution < -0.4 is 11.1 Å². The quantitative estimate of drug-likeness (QED) is 0.612. The topological polar surface area (TPSA) is 98.0 Å². The SMILES string of the molecule is Cc1ccc(C(=O)Nc2cnccc2C2CC(C)C(=O)C(N)C2)nc1-c1c(C)cccc1F. The van der Waals surface area contributed by atoms with E-state index in [2.05, 4.69) is 15.3 Å². The average Bonchev–Trinajstić information content (AvgIpc) is 2.78. The van der Waals surface area contributed by atoms with E-state index >= 15 is 0 Å². The Bertz CT molecular complexity index is 1190. The third-order valence-electron chi connectivity index (χ3n) is 6.36. The van der Waals surface area contributed by atoms with Gasteiger partial charge in [0.15, 0.2) is 5.78 Å². The van der Waals surface area contributed by atoms with Crippen molar-refractivity contribution < 1.29 is 14.0 Å². The number of anilines is 1. The lowest BCUT2D eigenvalue weighted by atomic mass is 9.75. The van der Waals surface area contributed by atoms with Crippen molar-refractivity contribution in [3.8, 4) is 11.3 Å². The molecule has 7 heteroatoms. The summed E-state index contributed by atoms with van der Waals surface area (Å²) in [5, 5.41) is 2.91. The van der Waals surface area contributed by atoms with Gasteiger partial charge in [-0.05, 0) is 67.5 Å². The Morgan fingerprint density at radius 2 is 1.91 bits per heavy atom. The molecule has 4 rings (SSSR count). The van der Waals surface area contributed by atoms with Gasteiger partial charge in [-0.2, -0.15) is 0 Å². The molecule has 0 saturated heterocycles. The van der Waals surface area contributed by atoms with E-state index in [1.165, 1.54) is 6.07 Å². The Morgan fingerprint density at radius 3 is 2.64 bits per heavy atom. The van der Waals surface area contributed by atoms with Gasteiger partial charge in [0.1, 0.15) is 11.5 Å². The molecule has 1 fully saturated rings. The van der Waals surface area contributed by atoms with Gasteiger partial charge in [0.25, 0.3) is 5.91 Å². The maximum absolute atomic E-state index is 14.6. The number of nitrogens with zero attached hydrogens (tertiary/aromatic N) is 2. The normalized spacial score (nSPS) is 20.5. The molecule has 0 bridgehead atoms. The molecule has 2 aromatic heterocycles. The van der Waals surface area contributed by atoms with Gasteiger partial charge in [-0.1, -0.05) is 25.1 Å². The molecule has 3 unspecified atom stereocenters. The van der Waals surface area contributed by atoms with Crippen LogP contribution in [0, 0.1) is 25.6 Å². The van der Waals surface area contributed by atoms with E-state index < -0.39 is 11.9 Å². The fraction of sp³-hybridized carbons (Fsp3) is 0.308. The third-order valence-corrected chi connectivity index (χ3v) is 6.36. The van der Waals surface area contributed by atoms with Crippen molar-refractivity contribution in [3.63, 3.8) is 0 Å². The van der Waals surface area contributed by atoms with Crippen molar-refractivity contribution in [1.29, 1.82) is 0 Å². The van der Waals surface area contributed by atoms with Gasteiger partial charge in [-0.3, -0.25) is 14.6 Å². The summed E-state index contributed by atoms with van der Waals surface area (Å²) in [6, 6.07) is 9.58. The molecule has 1 amide bonds. The highest BCUT2D eigenvalue weighted by Gasteiger charge is 2.33. The molecule has 3 atom stereocenters. The highest BCUT2D eigenvalue weighted by Crippen LogP contribution is 2.37. The highest BCUT2D eigenvalue weighted by molar-refractivity contribution is 6.03. The van der Waals surface area contributed by atoms with Crippen molar-refractivity contribution in [1.82, 2.24) is 9.97 Å². The van der Waals surface area contributed by atoms with Gasteiger partial charge in [0.05, 0.1) is 23.6 Å². The van der Waals surface area contributed by atoms with Crippen molar-refractivity contribution in [2.45, 2.75) is 45.6 Å². The molecule has 1 saturated carbocycles.